The Kier molecular flexibility index (Phi) is 2.95. The molecule has 3 heteroatoms. The molecule has 0 saturated carbocycles. The van der Waals surface area contributed by atoms with Gasteiger partial charge < -0.3 is 9.30 Å². The van der Waals surface area contributed by atoms with Crippen LogP contribution in [0.1, 0.15) is 23.7 Å². The largest absolute Gasteiger partial charge is 0.462 e. The summed E-state index contributed by atoms with van der Waals surface area (Å²) in [6.07, 6.45) is 2.67. The van der Waals surface area contributed by atoms with Crippen molar-refractivity contribution in [3.05, 3.63) is 36.0 Å². The van der Waals surface area contributed by atoms with Gasteiger partial charge in [0, 0.05) is 24.1 Å². The van der Waals surface area contributed by atoms with E-state index in [-0.39, 0.29) is 5.97 Å². The van der Waals surface area contributed by atoms with Crippen molar-refractivity contribution in [3.8, 4) is 0 Å². The average Bonchev–Trinajstić information content (AvgIpc) is 2.65. The second-order valence-electron chi connectivity index (χ2n) is 3.81. The Balaban J connectivity index is 2.41. The van der Waals surface area contributed by atoms with Crippen LogP contribution in [0.4, 0.5) is 0 Å². The minimum Gasteiger partial charge on any atom is -0.462 e. The smallest absolute Gasteiger partial charge is 0.340 e. The Labute approximate surface area is 94.6 Å². The third-order valence-corrected chi connectivity index (χ3v) is 2.55. The Bertz CT molecular complexity index is 514. The van der Waals surface area contributed by atoms with Crippen molar-refractivity contribution in [1.82, 2.24) is 4.57 Å². The molecule has 16 heavy (non-hydrogen) atoms. The van der Waals surface area contributed by atoms with Crippen LogP contribution in [0, 0.1) is 0 Å². The third-order valence-electron chi connectivity index (χ3n) is 2.55. The van der Waals surface area contributed by atoms with Gasteiger partial charge in [0.25, 0.3) is 0 Å². The fourth-order valence-electron chi connectivity index (χ4n) is 1.78. The van der Waals surface area contributed by atoms with E-state index in [1.165, 1.54) is 0 Å². The van der Waals surface area contributed by atoms with Crippen molar-refractivity contribution < 1.29 is 9.53 Å². The summed E-state index contributed by atoms with van der Waals surface area (Å²) in [5.41, 5.74) is 1.69. The molecule has 0 bridgehead atoms. The van der Waals surface area contributed by atoms with Crippen molar-refractivity contribution in [3.63, 3.8) is 0 Å². The second kappa shape index (κ2) is 4.39. The van der Waals surface area contributed by atoms with E-state index in [9.17, 15) is 4.79 Å². The summed E-state index contributed by atoms with van der Waals surface area (Å²) in [6.45, 7) is 2.46. The van der Waals surface area contributed by atoms with Crippen molar-refractivity contribution in [2.45, 2.75) is 13.3 Å². The van der Waals surface area contributed by atoms with E-state index in [0.717, 1.165) is 17.3 Å². The lowest BCUT2D eigenvalue weighted by Crippen LogP contribution is -2.05. The lowest BCUT2D eigenvalue weighted by Gasteiger charge is -2.00. The van der Waals surface area contributed by atoms with Crippen LogP contribution in [-0.4, -0.2) is 17.1 Å². The fourth-order valence-corrected chi connectivity index (χ4v) is 1.78. The van der Waals surface area contributed by atoms with Crippen LogP contribution in [-0.2, 0) is 11.8 Å². The second-order valence-corrected chi connectivity index (χ2v) is 3.81. The van der Waals surface area contributed by atoms with E-state index < -0.39 is 0 Å². The number of benzene rings is 1. The van der Waals surface area contributed by atoms with Gasteiger partial charge in [-0.2, -0.15) is 0 Å². The van der Waals surface area contributed by atoms with Gasteiger partial charge in [-0.25, -0.2) is 4.79 Å². The van der Waals surface area contributed by atoms with Crippen LogP contribution in [0.2, 0.25) is 0 Å². The SMILES string of the molecule is CCCOC(=O)c1cn(C)c2ccccc12. The summed E-state index contributed by atoms with van der Waals surface area (Å²) >= 11 is 0. The van der Waals surface area contributed by atoms with Gasteiger partial charge in [0.1, 0.15) is 0 Å². The van der Waals surface area contributed by atoms with Crippen molar-refractivity contribution in [2.75, 3.05) is 6.61 Å². The fraction of sp³-hybridized carbons (Fsp3) is 0.308. The molecular formula is C13H15NO2. The van der Waals surface area contributed by atoms with Gasteiger partial charge in [-0.3, -0.25) is 0 Å². The molecule has 0 amide bonds. The van der Waals surface area contributed by atoms with Crippen molar-refractivity contribution in [1.29, 1.82) is 0 Å². The summed E-state index contributed by atoms with van der Waals surface area (Å²) in [5.74, 6) is -0.237. The predicted octanol–water partition coefficient (Wildman–Crippen LogP) is 2.75. The predicted molar refractivity (Wildman–Crippen MR) is 63.5 cm³/mol. The molecule has 2 aromatic rings. The van der Waals surface area contributed by atoms with Gasteiger partial charge in [0.2, 0.25) is 0 Å². The monoisotopic (exact) mass is 217 g/mol. The van der Waals surface area contributed by atoms with Gasteiger partial charge >= 0.3 is 5.97 Å². The van der Waals surface area contributed by atoms with E-state index in [1.807, 2.05) is 49.0 Å². The number of carbonyl (C=O) groups is 1. The van der Waals surface area contributed by atoms with E-state index >= 15 is 0 Å². The Morgan fingerprint density at radius 3 is 2.88 bits per heavy atom. The highest BCUT2D eigenvalue weighted by Gasteiger charge is 2.14. The first-order valence-corrected chi connectivity index (χ1v) is 5.45. The van der Waals surface area contributed by atoms with Crippen LogP contribution < -0.4 is 0 Å². The first kappa shape index (κ1) is 10.7. The Morgan fingerprint density at radius 2 is 2.12 bits per heavy atom. The Morgan fingerprint density at radius 1 is 1.38 bits per heavy atom. The number of para-hydroxylation sites is 1. The number of hydrogen-bond donors (Lipinski definition) is 0. The molecule has 0 unspecified atom stereocenters. The zero-order valence-electron chi connectivity index (χ0n) is 9.56. The minimum absolute atomic E-state index is 0.237. The summed E-state index contributed by atoms with van der Waals surface area (Å²) in [6, 6.07) is 7.83. The Hall–Kier alpha value is -1.77. The molecule has 2 rings (SSSR count). The molecular weight excluding hydrogens is 202 g/mol. The van der Waals surface area contributed by atoms with Crippen molar-refractivity contribution in [2.24, 2.45) is 7.05 Å². The molecule has 0 N–H and O–H groups in total. The number of carbonyl (C=O) groups excluding carboxylic acids is 1. The molecule has 1 aromatic heterocycles. The molecule has 84 valence electrons. The molecule has 0 radical (unpaired) electrons. The standard InChI is InChI=1S/C13H15NO2/c1-3-8-16-13(15)11-9-14(2)12-7-5-4-6-10(11)12/h4-7,9H,3,8H2,1-2H3. The van der Waals surface area contributed by atoms with E-state index in [4.69, 9.17) is 4.74 Å². The molecule has 0 fully saturated rings. The highest BCUT2D eigenvalue weighted by Crippen LogP contribution is 2.20. The van der Waals surface area contributed by atoms with Gasteiger partial charge in [-0.05, 0) is 12.5 Å². The molecule has 0 spiro atoms. The molecule has 1 aromatic carbocycles. The quantitative estimate of drug-likeness (QED) is 0.740. The number of ether oxygens (including phenoxy) is 1. The summed E-state index contributed by atoms with van der Waals surface area (Å²) in [4.78, 5) is 11.8. The summed E-state index contributed by atoms with van der Waals surface area (Å²) in [5, 5.41) is 0.950. The van der Waals surface area contributed by atoms with Crippen LogP contribution >= 0.6 is 0 Å². The van der Waals surface area contributed by atoms with Gasteiger partial charge in [0.15, 0.2) is 0 Å². The maximum absolute atomic E-state index is 11.8. The summed E-state index contributed by atoms with van der Waals surface area (Å²) < 4.78 is 7.09. The molecule has 0 aliphatic carbocycles. The lowest BCUT2D eigenvalue weighted by molar-refractivity contribution is 0.0507. The third kappa shape index (κ3) is 1.81. The number of esters is 1. The number of nitrogens with zero attached hydrogens (tertiary/aromatic N) is 1. The number of hydrogen-bond acceptors (Lipinski definition) is 2. The number of fused-ring (bicyclic) bond motifs is 1. The molecule has 0 aliphatic heterocycles. The zero-order valence-corrected chi connectivity index (χ0v) is 9.56. The maximum atomic E-state index is 11.8. The normalized spacial score (nSPS) is 10.6. The summed E-state index contributed by atoms with van der Waals surface area (Å²) in [7, 11) is 1.93. The first-order valence-electron chi connectivity index (χ1n) is 5.45. The first-order chi connectivity index (χ1) is 7.74. The zero-order chi connectivity index (χ0) is 11.5. The van der Waals surface area contributed by atoms with E-state index in [0.29, 0.717) is 12.2 Å². The highest BCUT2D eigenvalue weighted by atomic mass is 16.5. The minimum atomic E-state index is -0.237. The van der Waals surface area contributed by atoms with Gasteiger partial charge in [-0.15, -0.1) is 0 Å². The van der Waals surface area contributed by atoms with Crippen LogP contribution in [0.15, 0.2) is 30.5 Å². The van der Waals surface area contributed by atoms with Crippen molar-refractivity contribution >= 4 is 16.9 Å². The lowest BCUT2D eigenvalue weighted by atomic mass is 10.2. The topological polar surface area (TPSA) is 31.2 Å². The maximum Gasteiger partial charge on any atom is 0.340 e. The number of aryl methyl sites for hydroxylation is 1. The number of rotatable bonds is 3. The molecule has 0 aliphatic rings. The van der Waals surface area contributed by atoms with Gasteiger partial charge in [-0.1, -0.05) is 25.1 Å². The van der Waals surface area contributed by atoms with E-state index in [2.05, 4.69) is 0 Å². The van der Waals surface area contributed by atoms with Crippen LogP contribution in [0.5, 0.6) is 0 Å². The average molecular weight is 217 g/mol. The van der Waals surface area contributed by atoms with Crippen LogP contribution in [0.25, 0.3) is 10.9 Å². The molecule has 3 nitrogen and oxygen atoms in total. The van der Waals surface area contributed by atoms with Gasteiger partial charge in [0.05, 0.1) is 12.2 Å². The molecule has 0 atom stereocenters. The number of aromatic nitrogens is 1. The van der Waals surface area contributed by atoms with E-state index in [1.54, 1.807) is 0 Å². The van der Waals surface area contributed by atoms with Crippen LogP contribution in [0.3, 0.4) is 0 Å². The molecule has 1 heterocycles. The highest BCUT2D eigenvalue weighted by molar-refractivity contribution is 6.04. The molecule has 0 saturated heterocycles.